The van der Waals surface area contributed by atoms with Gasteiger partial charge in [-0.2, -0.15) is 0 Å². The first-order valence-corrected chi connectivity index (χ1v) is 18.7. The fraction of sp³-hybridized carbons (Fsp3) is 0.0566. The van der Waals surface area contributed by atoms with Crippen molar-refractivity contribution in [2.24, 2.45) is 0 Å². The Balaban J connectivity index is 0.000000271. The molecular weight excluding hydrogens is 887 g/mol. The van der Waals surface area contributed by atoms with Crippen LogP contribution >= 0.6 is 0 Å². The molecule has 1 radical (unpaired) electrons. The Bertz CT molecular complexity index is 3070. The van der Waals surface area contributed by atoms with Crippen molar-refractivity contribution in [3.8, 4) is 50.6 Å². The van der Waals surface area contributed by atoms with Crippen LogP contribution in [0.4, 0.5) is 0 Å². The molecule has 10 aromatic rings. The van der Waals surface area contributed by atoms with Crippen LogP contribution in [0, 0.1) is 26.1 Å². The average molecular weight is 931 g/mol. The van der Waals surface area contributed by atoms with Crippen molar-refractivity contribution in [3.05, 3.63) is 223 Å². The number of hydrogen-bond acceptors (Lipinski definition) is 3. The van der Waals surface area contributed by atoms with Crippen molar-refractivity contribution in [2.75, 3.05) is 0 Å². The van der Waals surface area contributed by atoms with Crippen LogP contribution in [0.5, 0.6) is 0 Å². The summed E-state index contributed by atoms with van der Waals surface area (Å²) in [6, 6.07) is 62.1. The Kier molecular flexibility index (Phi) is 9.64. The van der Waals surface area contributed by atoms with E-state index in [0.717, 1.165) is 66.7 Å². The van der Waals surface area contributed by atoms with Crippen LogP contribution in [0.1, 0.15) is 29.1 Å². The number of benzene rings is 7. The topological polar surface area (TPSA) is 43.9 Å². The molecule has 58 heavy (non-hydrogen) atoms. The maximum absolute atomic E-state index is 8.90. The second kappa shape index (κ2) is 17.2. The van der Waals surface area contributed by atoms with Gasteiger partial charge in [-0.25, -0.2) is 0 Å². The second-order valence-corrected chi connectivity index (χ2v) is 13.7. The monoisotopic (exact) mass is 931 g/mol. The number of pyridine rings is 1. The number of rotatable bonds is 7. The average Bonchev–Trinajstić information content (AvgIpc) is 3.91. The summed E-state index contributed by atoms with van der Waals surface area (Å²) in [6.07, 6.45) is 2.87. The van der Waals surface area contributed by atoms with Crippen LogP contribution in [-0.2, 0) is 26.5 Å². The van der Waals surface area contributed by atoms with Crippen LogP contribution in [0.2, 0.25) is 0 Å². The van der Waals surface area contributed by atoms with Crippen molar-refractivity contribution in [3.63, 3.8) is 0 Å². The number of hydrogen-bond donors (Lipinski definition) is 0. The first-order chi connectivity index (χ1) is 30.1. The zero-order chi connectivity index (χ0) is 42.8. The quantitative estimate of drug-likeness (QED) is 0.150. The molecule has 5 heteroatoms. The fourth-order valence-corrected chi connectivity index (χ4v) is 7.13. The molecule has 0 fully saturated rings. The van der Waals surface area contributed by atoms with Gasteiger partial charge in [0.1, 0.15) is 0 Å². The molecule has 0 N–H and O–H groups in total. The second-order valence-electron chi connectivity index (χ2n) is 13.7. The molecule has 0 aliphatic rings. The molecule has 7 aromatic carbocycles. The van der Waals surface area contributed by atoms with E-state index < -0.39 is 13.2 Å². The predicted octanol–water partition coefficient (Wildman–Crippen LogP) is 13.3. The van der Waals surface area contributed by atoms with Crippen molar-refractivity contribution in [1.82, 2.24) is 14.5 Å². The minimum atomic E-state index is -2.09. The molecular formula is C53H39IrN3O-2. The number of furan rings is 1. The third kappa shape index (κ3) is 7.96. The summed E-state index contributed by atoms with van der Waals surface area (Å²) in [5, 5.41) is 0.818. The van der Waals surface area contributed by atoms with Gasteiger partial charge in [-0.15, -0.1) is 42.0 Å². The number of aryl methyl sites for hydroxylation is 2. The molecule has 0 bridgehead atoms. The van der Waals surface area contributed by atoms with Gasteiger partial charge in [-0.3, -0.25) is 4.98 Å². The minimum Gasteiger partial charge on any atom is -0.557 e. The van der Waals surface area contributed by atoms with E-state index in [9.17, 15) is 0 Å². The summed E-state index contributed by atoms with van der Waals surface area (Å²) in [6.45, 7) is 0.0462. The van der Waals surface area contributed by atoms with Gasteiger partial charge in [0.2, 0.25) is 0 Å². The van der Waals surface area contributed by atoms with Gasteiger partial charge >= 0.3 is 0 Å². The molecule has 0 saturated heterocycles. The van der Waals surface area contributed by atoms with Gasteiger partial charge in [-0.1, -0.05) is 144 Å². The number of fused-ring (bicyclic) bond motifs is 2. The van der Waals surface area contributed by atoms with Crippen LogP contribution in [0.3, 0.4) is 0 Å². The van der Waals surface area contributed by atoms with Gasteiger partial charge in [-0.05, 0) is 77.9 Å². The van der Waals surface area contributed by atoms with E-state index in [1.54, 1.807) is 24.3 Å². The molecule has 10 rings (SSSR count). The Morgan fingerprint density at radius 1 is 0.672 bits per heavy atom. The fourth-order valence-electron chi connectivity index (χ4n) is 7.13. The minimum absolute atomic E-state index is 0. The summed E-state index contributed by atoms with van der Waals surface area (Å²) in [5.41, 5.74) is 12.6. The molecule has 3 aromatic heterocycles. The molecule has 283 valence electrons. The van der Waals surface area contributed by atoms with E-state index in [0.29, 0.717) is 22.5 Å². The predicted molar refractivity (Wildman–Crippen MR) is 233 cm³/mol. The van der Waals surface area contributed by atoms with Crippen LogP contribution in [0.15, 0.2) is 193 Å². The van der Waals surface area contributed by atoms with Crippen LogP contribution in [0.25, 0.3) is 72.6 Å². The normalized spacial score (nSPS) is 12.6. The molecule has 0 amide bonds. The SMILES string of the molecule is [2H]C([2H])([2H])c1ccc(-c2[c-]cccc2)nc1.[2H]C([2H])(c1ccccc1)c1ccc2c(-c3nc4ccccc4n3-c3c(-c4ccccc4)cc(C)cc3-c3ccccc3)[c-]oc2c1.[Ir]. The van der Waals surface area contributed by atoms with E-state index in [1.807, 2.05) is 91.0 Å². The van der Waals surface area contributed by atoms with Crippen LogP contribution in [-0.4, -0.2) is 14.5 Å². The Hall–Kier alpha value is -6.65. The summed E-state index contributed by atoms with van der Waals surface area (Å²) in [4.78, 5) is 9.31. The molecule has 4 nitrogen and oxygen atoms in total. The van der Waals surface area contributed by atoms with Gasteiger partial charge in [0, 0.05) is 56.1 Å². The Labute approximate surface area is 359 Å². The van der Waals surface area contributed by atoms with E-state index in [1.165, 1.54) is 6.20 Å². The third-order valence-corrected chi connectivity index (χ3v) is 9.76. The summed E-state index contributed by atoms with van der Waals surface area (Å²) in [7, 11) is 0. The zero-order valence-electron chi connectivity index (χ0n) is 36.5. The summed E-state index contributed by atoms with van der Waals surface area (Å²) < 4.78 is 47.8. The van der Waals surface area contributed by atoms with Crippen molar-refractivity contribution >= 4 is 22.0 Å². The number of nitrogens with zero attached hydrogens (tertiary/aromatic N) is 3. The third-order valence-electron chi connectivity index (χ3n) is 9.76. The van der Waals surface area contributed by atoms with Crippen molar-refractivity contribution < 1.29 is 31.4 Å². The molecule has 0 aliphatic heterocycles. The standard InChI is InChI=1S/C41H29N2O.C12H10N.Ir/c1-28-23-34(31-15-7-3-8-16-31)40(35(24-28)32-17-9-4-10-18-32)43-38-20-12-11-19-37(38)42-41(43)36-27-44-39-26-30(21-22-33(36)39)25-29-13-5-2-6-14-29;1-10-7-8-12(13-9-10)11-5-3-2-4-6-11;/h2-24,26H,25H2,1H3;2-5,7-9H,1H3;/q2*-1;/i25D2;1D3;. The number of aromatic nitrogens is 3. The molecule has 0 atom stereocenters. The Morgan fingerprint density at radius 2 is 1.34 bits per heavy atom. The first-order valence-electron chi connectivity index (χ1n) is 21.2. The van der Waals surface area contributed by atoms with E-state index >= 15 is 0 Å². The van der Waals surface area contributed by atoms with Crippen LogP contribution < -0.4 is 0 Å². The van der Waals surface area contributed by atoms with Gasteiger partial charge in [0.05, 0.1) is 22.5 Å². The first kappa shape index (κ1) is 32.4. The molecule has 0 spiro atoms. The van der Waals surface area contributed by atoms with Gasteiger partial charge in [0.15, 0.2) is 0 Å². The molecule has 0 aliphatic carbocycles. The van der Waals surface area contributed by atoms with Crippen molar-refractivity contribution in [2.45, 2.75) is 20.1 Å². The Morgan fingerprint density at radius 3 is 2.00 bits per heavy atom. The van der Waals surface area contributed by atoms with E-state index in [-0.39, 0.29) is 25.7 Å². The largest absolute Gasteiger partial charge is 0.557 e. The van der Waals surface area contributed by atoms with Gasteiger partial charge in [0.25, 0.3) is 0 Å². The zero-order valence-corrected chi connectivity index (χ0v) is 33.9. The maximum atomic E-state index is 8.90. The summed E-state index contributed by atoms with van der Waals surface area (Å²) >= 11 is 0. The van der Waals surface area contributed by atoms with E-state index in [2.05, 4.69) is 95.5 Å². The number of para-hydroxylation sites is 2. The molecule has 0 unspecified atom stereocenters. The van der Waals surface area contributed by atoms with E-state index in [4.69, 9.17) is 16.3 Å². The maximum Gasteiger partial charge on any atom is 0.0774 e. The number of imidazole rings is 1. The summed E-state index contributed by atoms with van der Waals surface area (Å²) in [5.74, 6) is 0.706. The van der Waals surface area contributed by atoms with Crippen molar-refractivity contribution in [1.29, 1.82) is 0 Å². The molecule has 3 heterocycles. The van der Waals surface area contributed by atoms with Gasteiger partial charge < -0.3 is 14.0 Å². The molecule has 0 saturated carbocycles. The smallest absolute Gasteiger partial charge is 0.0774 e.